The molecule has 1 aliphatic carbocycles. The van der Waals surface area contributed by atoms with Crippen molar-refractivity contribution in [1.29, 1.82) is 0 Å². The average Bonchev–Trinajstić information content (AvgIpc) is 3.13. The van der Waals surface area contributed by atoms with Crippen molar-refractivity contribution < 1.29 is 23.1 Å². The number of carboxylic acid groups (broad SMARTS) is 1. The summed E-state index contributed by atoms with van der Waals surface area (Å²) >= 11 is 0. The summed E-state index contributed by atoms with van der Waals surface area (Å²) in [5.74, 6) is -1.47. The molecule has 24 heavy (non-hydrogen) atoms. The minimum absolute atomic E-state index is 0.0624. The molecule has 4 rings (SSSR count). The Morgan fingerprint density at radius 2 is 2.00 bits per heavy atom. The van der Waals surface area contributed by atoms with Crippen molar-refractivity contribution >= 4 is 21.8 Å². The Balaban J connectivity index is 1.71. The molecule has 0 spiro atoms. The second-order valence-electron chi connectivity index (χ2n) is 6.91. The lowest BCUT2D eigenvalue weighted by molar-refractivity contribution is -0.142. The van der Waals surface area contributed by atoms with Gasteiger partial charge in [-0.15, -0.1) is 0 Å². The highest BCUT2D eigenvalue weighted by molar-refractivity contribution is 7.89. The van der Waals surface area contributed by atoms with Crippen LogP contribution in [0, 0.1) is 5.92 Å². The van der Waals surface area contributed by atoms with Gasteiger partial charge in [-0.1, -0.05) is 0 Å². The predicted octanol–water partition coefficient (Wildman–Crippen LogP) is 1.83. The first kappa shape index (κ1) is 15.8. The maximum atomic E-state index is 13.1. The first-order valence-electron chi connectivity index (χ1n) is 8.32. The van der Waals surface area contributed by atoms with Gasteiger partial charge in [0.1, 0.15) is 0 Å². The Hall–Kier alpha value is -1.73. The molecule has 2 saturated heterocycles. The highest BCUT2D eigenvalue weighted by Crippen LogP contribution is 2.45. The molecule has 3 unspecified atom stereocenters. The SMILES string of the molecule is O=C1CCCc2cc(S(=O)(=O)N3C4CCC3C(C(=O)O)C4)ccc21. The molecule has 6 nitrogen and oxygen atoms in total. The molecule has 3 aliphatic rings. The molecule has 1 N–H and O–H groups in total. The van der Waals surface area contributed by atoms with Gasteiger partial charge in [-0.25, -0.2) is 8.42 Å². The van der Waals surface area contributed by atoms with Crippen LogP contribution in [0.2, 0.25) is 0 Å². The number of hydrogen-bond donors (Lipinski definition) is 1. The summed E-state index contributed by atoms with van der Waals surface area (Å²) in [5, 5.41) is 9.32. The van der Waals surface area contributed by atoms with Crippen molar-refractivity contribution in [2.24, 2.45) is 5.92 Å². The van der Waals surface area contributed by atoms with Gasteiger partial charge in [-0.3, -0.25) is 9.59 Å². The van der Waals surface area contributed by atoms with Crippen molar-refractivity contribution in [2.45, 2.75) is 55.5 Å². The average molecular weight is 349 g/mol. The van der Waals surface area contributed by atoms with Gasteiger partial charge in [-0.05, 0) is 55.9 Å². The number of sulfonamides is 1. The van der Waals surface area contributed by atoms with Crippen LogP contribution in [0.5, 0.6) is 0 Å². The molecule has 1 aromatic rings. The number of aliphatic carboxylic acids is 1. The lowest BCUT2D eigenvalue weighted by atomic mass is 9.89. The Bertz CT molecular complexity index is 831. The lowest BCUT2D eigenvalue weighted by Gasteiger charge is -2.23. The highest BCUT2D eigenvalue weighted by Gasteiger charge is 2.54. The number of benzene rings is 1. The minimum Gasteiger partial charge on any atom is -0.481 e. The quantitative estimate of drug-likeness (QED) is 0.899. The number of hydrogen-bond acceptors (Lipinski definition) is 4. The summed E-state index contributed by atoms with van der Waals surface area (Å²) < 4.78 is 27.6. The molecule has 0 aromatic heterocycles. The molecule has 2 heterocycles. The number of Topliss-reactive ketones (excluding diaryl/α,β-unsaturated/α-hetero) is 1. The van der Waals surface area contributed by atoms with E-state index in [9.17, 15) is 23.1 Å². The van der Waals surface area contributed by atoms with Gasteiger partial charge in [-0.2, -0.15) is 4.31 Å². The topological polar surface area (TPSA) is 91.8 Å². The molecule has 2 aliphatic heterocycles. The van der Waals surface area contributed by atoms with Crippen LogP contribution < -0.4 is 0 Å². The highest BCUT2D eigenvalue weighted by atomic mass is 32.2. The third kappa shape index (κ3) is 2.22. The Kier molecular flexibility index (Phi) is 3.54. The zero-order chi connectivity index (χ0) is 17.1. The third-order valence-electron chi connectivity index (χ3n) is 5.59. The van der Waals surface area contributed by atoms with E-state index in [1.807, 2.05) is 0 Å². The molecule has 0 saturated carbocycles. The number of fused-ring (bicyclic) bond motifs is 3. The maximum absolute atomic E-state index is 13.1. The van der Waals surface area contributed by atoms with Gasteiger partial charge < -0.3 is 5.11 Å². The zero-order valence-corrected chi connectivity index (χ0v) is 14.0. The normalized spacial score (nSPS) is 29.7. The number of rotatable bonds is 3. The summed E-state index contributed by atoms with van der Waals surface area (Å²) in [7, 11) is -3.73. The van der Waals surface area contributed by atoms with E-state index in [2.05, 4.69) is 0 Å². The van der Waals surface area contributed by atoms with Gasteiger partial charge in [0, 0.05) is 24.1 Å². The van der Waals surface area contributed by atoms with Crippen LogP contribution in [-0.4, -0.2) is 41.7 Å². The molecule has 0 amide bonds. The van der Waals surface area contributed by atoms with E-state index >= 15 is 0 Å². The second-order valence-corrected chi connectivity index (χ2v) is 8.75. The summed E-state index contributed by atoms with van der Waals surface area (Å²) in [5.41, 5.74) is 1.40. The van der Waals surface area contributed by atoms with Crippen molar-refractivity contribution in [3.63, 3.8) is 0 Å². The number of carbonyl (C=O) groups is 2. The summed E-state index contributed by atoms with van der Waals surface area (Å²) in [4.78, 5) is 23.5. The van der Waals surface area contributed by atoms with E-state index in [4.69, 9.17) is 0 Å². The van der Waals surface area contributed by atoms with Crippen molar-refractivity contribution in [3.05, 3.63) is 29.3 Å². The van der Waals surface area contributed by atoms with Gasteiger partial charge in [0.15, 0.2) is 5.78 Å². The van der Waals surface area contributed by atoms with E-state index in [0.29, 0.717) is 31.2 Å². The number of nitrogens with zero attached hydrogens (tertiary/aromatic N) is 1. The van der Waals surface area contributed by atoms with Gasteiger partial charge in [0.25, 0.3) is 0 Å². The molecule has 128 valence electrons. The molecular weight excluding hydrogens is 330 g/mol. The molecular formula is C17H19NO5S. The number of carboxylic acids is 1. The third-order valence-corrected chi connectivity index (χ3v) is 7.57. The Morgan fingerprint density at radius 3 is 2.71 bits per heavy atom. The first-order chi connectivity index (χ1) is 11.4. The van der Waals surface area contributed by atoms with Crippen LogP contribution in [0.4, 0.5) is 0 Å². The van der Waals surface area contributed by atoms with Crippen LogP contribution >= 0.6 is 0 Å². The molecule has 2 fully saturated rings. The predicted molar refractivity (Wildman–Crippen MR) is 85.3 cm³/mol. The summed E-state index contributed by atoms with van der Waals surface area (Å²) in [6.45, 7) is 0. The smallest absolute Gasteiger partial charge is 0.308 e. The molecule has 7 heteroatoms. The Morgan fingerprint density at radius 1 is 1.21 bits per heavy atom. The van der Waals surface area contributed by atoms with Crippen LogP contribution in [0.1, 0.15) is 48.0 Å². The zero-order valence-electron chi connectivity index (χ0n) is 13.1. The van der Waals surface area contributed by atoms with E-state index in [-0.39, 0.29) is 16.7 Å². The monoisotopic (exact) mass is 349 g/mol. The summed E-state index contributed by atoms with van der Waals surface area (Å²) in [6, 6.07) is 4.03. The van der Waals surface area contributed by atoms with Gasteiger partial charge in [0.05, 0.1) is 10.8 Å². The first-order valence-corrected chi connectivity index (χ1v) is 9.76. The van der Waals surface area contributed by atoms with Crippen molar-refractivity contribution in [1.82, 2.24) is 4.31 Å². The largest absolute Gasteiger partial charge is 0.481 e. The summed E-state index contributed by atoms with van der Waals surface area (Å²) in [6.07, 6.45) is 3.67. The van der Waals surface area contributed by atoms with Crippen molar-refractivity contribution in [2.75, 3.05) is 0 Å². The molecule has 3 atom stereocenters. The van der Waals surface area contributed by atoms with Gasteiger partial charge in [0.2, 0.25) is 10.0 Å². The second kappa shape index (κ2) is 5.39. The number of ketones is 1. The number of aryl methyl sites for hydroxylation is 1. The van der Waals surface area contributed by atoms with E-state index in [0.717, 1.165) is 18.4 Å². The van der Waals surface area contributed by atoms with Crippen molar-refractivity contribution in [3.8, 4) is 0 Å². The van der Waals surface area contributed by atoms with Crippen LogP contribution in [0.3, 0.4) is 0 Å². The van der Waals surface area contributed by atoms with Crippen LogP contribution in [0.15, 0.2) is 23.1 Å². The lowest BCUT2D eigenvalue weighted by Crippen LogP contribution is -2.37. The van der Waals surface area contributed by atoms with E-state index < -0.39 is 28.0 Å². The van der Waals surface area contributed by atoms with Gasteiger partial charge >= 0.3 is 5.97 Å². The van der Waals surface area contributed by atoms with E-state index in [1.54, 1.807) is 12.1 Å². The molecule has 1 aromatic carbocycles. The maximum Gasteiger partial charge on any atom is 0.308 e. The van der Waals surface area contributed by atoms with Crippen LogP contribution in [0.25, 0.3) is 0 Å². The molecule has 0 radical (unpaired) electrons. The fourth-order valence-corrected chi connectivity index (χ4v) is 6.45. The Labute approximate surface area is 140 Å². The van der Waals surface area contributed by atoms with E-state index in [1.165, 1.54) is 10.4 Å². The standard InChI is InChI=1S/C17H19NO5S/c19-16-3-1-2-10-8-12(5-6-13(10)16)24(22,23)18-11-4-7-15(18)14(9-11)17(20)21/h5-6,8,11,14-15H,1-4,7,9H2,(H,20,21). The minimum atomic E-state index is -3.73. The fourth-order valence-electron chi connectivity index (χ4n) is 4.48. The molecule has 2 bridgehead atoms. The van der Waals surface area contributed by atoms with Crippen LogP contribution in [-0.2, 0) is 21.2 Å². The number of carbonyl (C=O) groups excluding carboxylic acids is 1. The fraction of sp³-hybridized carbons (Fsp3) is 0.529.